The van der Waals surface area contributed by atoms with Crippen LogP contribution >= 0.6 is 0 Å². The predicted octanol–water partition coefficient (Wildman–Crippen LogP) is 5.74. The molecule has 2 N–H and O–H groups in total. The van der Waals surface area contributed by atoms with Crippen LogP contribution in [0, 0.1) is 20.8 Å². The lowest BCUT2D eigenvalue weighted by Gasteiger charge is -2.13. The van der Waals surface area contributed by atoms with E-state index >= 15 is 0 Å². The van der Waals surface area contributed by atoms with Crippen LogP contribution in [-0.4, -0.2) is 21.6 Å². The maximum atomic E-state index is 13.0. The maximum Gasteiger partial charge on any atom is 0.257 e. The van der Waals surface area contributed by atoms with Gasteiger partial charge in [-0.15, -0.1) is 0 Å². The molecule has 0 aliphatic carbocycles. The van der Waals surface area contributed by atoms with Crippen LogP contribution in [0.2, 0.25) is 0 Å². The summed E-state index contributed by atoms with van der Waals surface area (Å²) >= 11 is 0. The lowest BCUT2D eigenvalue weighted by molar-refractivity contribution is 0.0976. The molecule has 3 aromatic rings. The summed E-state index contributed by atoms with van der Waals surface area (Å²) in [5.41, 5.74) is 6.84. The molecule has 0 saturated carbocycles. The normalized spacial score (nSPS) is 11.7. The Balaban J connectivity index is 1.84. The second kappa shape index (κ2) is 10.9. The molecule has 33 heavy (non-hydrogen) atoms. The van der Waals surface area contributed by atoms with Crippen molar-refractivity contribution in [2.45, 2.75) is 67.0 Å². The number of aliphatic imine (C=N–C) groups is 1. The van der Waals surface area contributed by atoms with Crippen LogP contribution in [0.15, 0.2) is 53.7 Å². The number of nitrogens with zero attached hydrogens (tertiary/aromatic N) is 3. The van der Waals surface area contributed by atoms with Gasteiger partial charge >= 0.3 is 0 Å². The third-order valence-electron chi connectivity index (χ3n) is 5.46. The Bertz CT molecular complexity index is 1110. The van der Waals surface area contributed by atoms with Crippen molar-refractivity contribution in [3.05, 3.63) is 82.2 Å². The van der Waals surface area contributed by atoms with Crippen molar-refractivity contribution in [1.82, 2.24) is 15.1 Å². The van der Waals surface area contributed by atoms with Gasteiger partial charge in [0.2, 0.25) is 5.96 Å². The van der Waals surface area contributed by atoms with Gasteiger partial charge in [0, 0.05) is 29.6 Å². The highest BCUT2D eigenvalue weighted by atomic mass is 16.1. The summed E-state index contributed by atoms with van der Waals surface area (Å²) in [6.07, 6.45) is 3.05. The predicted molar refractivity (Wildman–Crippen MR) is 136 cm³/mol. The Morgan fingerprint density at radius 3 is 2.33 bits per heavy atom. The smallest absolute Gasteiger partial charge is 0.257 e. The highest BCUT2D eigenvalue weighted by molar-refractivity contribution is 6.10. The fourth-order valence-electron chi connectivity index (χ4n) is 3.71. The average Bonchev–Trinajstić information content (AvgIpc) is 3.11. The number of amides is 1. The molecule has 174 valence electrons. The molecule has 0 radical (unpaired) electrons. The van der Waals surface area contributed by atoms with E-state index < -0.39 is 0 Å². The number of benzene rings is 2. The lowest BCUT2D eigenvalue weighted by atomic mass is 10.0. The van der Waals surface area contributed by atoms with Gasteiger partial charge in [0.05, 0.1) is 12.2 Å². The summed E-state index contributed by atoms with van der Waals surface area (Å²) in [5.74, 6) is 0.684. The Hall–Kier alpha value is -3.41. The quantitative estimate of drug-likeness (QED) is 0.360. The van der Waals surface area contributed by atoms with Crippen LogP contribution in [0.5, 0.6) is 0 Å². The molecular formula is C27H35N5O. The topological polar surface area (TPSA) is 71.3 Å². The molecule has 0 aliphatic rings. The molecule has 1 amide bonds. The van der Waals surface area contributed by atoms with E-state index in [1.807, 2.05) is 55.9 Å². The minimum atomic E-state index is -0.190. The van der Waals surface area contributed by atoms with Crippen LogP contribution in [0.3, 0.4) is 0 Å². The zero-order valence-electron chi connectivity index (χ0n) is 20.6. The van der Waals surface area contributed by atoms with Crippen molar-refractivity contribution < 1.29 is 4.79 Å². The number of hydrogen-bond donors (Lipinski definition) is 2. The third kappa shape index (κ3) is 6.78. The Morgan fingerprint density at radius 1 is 1.06 bits per heavy atom. The van der Waals surface area contributed by atoms with Gasteiger partial charge in [0.1, 0.15) is 0 Å². The molecule has 2 aromatic carbocycles. The van der Waals surface area contributed by atoms with Crippen molar-refractivity contribution in [2.24, 2.45) is 4.99 Å². The van der Waals surface area contributed by atoms with Crippen molar-refractivity contribution in [3.63, 3.8) is 0 Å². The molecule has 6 heteroatoms. The van der Waals surface area contributed by atoms with Gasteiger partial charge in [-0.3, -0.25) is 14.8 Å². The van der Waals surface area contributed by atoms with Gasteiger partial charge in [0.25, 0.3) is 5.91 Å². The molecule has 0 aliphatic heterocycles. The van der Waals surface area contributed by atoms with E-state index in [9.17, 15) is 4.79 Å². The van der Waals surface area contributed by atoms with Crippen LogP contribution < -0.4 is 10.6 Å². The molecule has 0 spiro atoms. The number of rotatable bonds is 7. The van der Waals surface area contributed by atoms with E-state index in [2.05, 4.69) is 54.7 Å². The van der Waals surface area contributed by atoms with Crippen LogP contribution in [-0.2, 0) is 13.1 Å². The van der Waals surface area contributed by atoms with E-state index in [1.165, 1.54) is 5.56 Å². The molecule has 6 nitrogen and oxygen atoms in total. The van der Waals surface area contributed by atoms with Gasteiger partial charge in [-0.25, -0.2) is 4.99 Å². The summed E-state index contributed by atoms with van der Waals surface area (Å²) in [4.78, 5) is 17.7. The standard InChI is InChI=1S/C27H35N5O/c1-7-12-32-17-24(21(6)31-32)16-28-27(29-25-10-8-22(9-11-25)18(2)3)30-26(33)23-14-19(4)13-20(5)15-23/h8-11,13-15,17-18H,7,12,16H2,1-6H3,(H2,28,29,30,33). The highest BCUT2D eigenvalue weighted by Gasteiger charge is 2.12. The van der Waals surface area contributed by atoms with E-state index in [4.69, 9.17) is 4.99 Å². The summed E-state index contributed by atoms with van der Waals surface area (Å²) < 4.78 is 1.95. The number of anilines is 1. The van der Waals surface area contributed by atoms with Gasteiger partial charge < -0.3 is 5.32 Å². The van der Waals surface area contributed by atoms with Gasteiger partial charge in [-0.05, 0) is 62.9 Å². The first kappa shape index (κ1) is 24.2. The Kier molecular flexibility index (Phi) is 8.04. The van der Waals surface area contributed by atoms with Crippen molar-refractivity contribution in [3.8, 4) is 0 Å². The molecule has 1 heterocycles. The maximum absolute atomic E-state index is 13.0. The first-order valence-corrected chi connectivity index (χ1v) is 11.6. The molecule has 1 aromatic heterocycles. The second-order valence-corrected chi connectivity index (χ2v) is 8.90. The van der Waals surface area contributed by atoms with E-state index in [0.717, 1.165) is 41.0 Å². The Morgan fingerprint density at radius 2 is 1.73 bits per heavy atom. The average molecular weight is 446 g/mol. The van der Waals surface area contributed by atoms with Gasteiger partial charge in [0.15, 0.2) is 0 Å². The number of carbonyl (C=O) groups excluding carboxylic acids is 1. The highest BCUT2D eigenvalue weighted by Crippen LogP contribution is 2.17. The number of aryl methyl sites for hydroxylation is 4. The summed E-state index contributed by atoms with van der Waals surface area (Å²) in [6.45, 7) is 13.7. The molecule has 0 fully saturated rings. The van der Waals surface area contributed by atoms with Crippen LogP contribution in [0.1, 0.15) is 71.4 Å². The molecule has 0 saturated heterocycles. The minimum absolute atomic E-state index is 0.190. The number of aromatic nitrogens is 2. The third-order valence-corrected chi connectivity index (χ3v) is 5.46. The van der Waals surface area contributed by atoms with Crippen LogP contribution in [0.4, 0.5) is 5.69 Å². The van der Waals surface area contributed by atoms with E-state index in [0.29, 0.717) is 24.0 Å². The number of guanidine groups is 1. The Labute approximate surface area is 197 Å². The van der Waals surface area contributed by atoms with E-state index in [-0.39, 0.29) is 5.91 Å². The summed E-state index contributed by atoms with van der Waals surface area (Å²) in [5, 5.41) is 10.8. The molecular weight excluding hydrogens is 410 g/mol. The molecule has 0 bridgehead atoms. The SMILES string of the molecule is CCCn1cc(CN=C(NC(=O)c2cc(C)cc(C)c2)Nc2ccc(C(C)C)cc2)c(C)n1. The molecule has 0 atom stereocenters. The van der Waals surface area contributed by atoms with Crippen molar-refractivity contribution in [1.29, 1.82) is 0 Å². The monoisotopic (exact) mass is 445 g/mol. The fourth-order valence-corrected chi connectivity index (χ4v) is 3.71. The largest absolute Gasteiger partial charge is 0.326 e. The summed E-state index contributed by atoms with van der Waals surface area (Å²) in [7, 11) is 0. The van der Waals surface area contributed by atoms with E-state index in [1.54, 1.807) is 0 Å². The van der Waals surface area contributed by atoms with Gasteiger partial charge in [-0.2, -0.15) is 5.10 Å². The first-order chi connectivity index (χ1) is 15.7. The fraction of sp³-hybridized carbons (Fsp3) is 0.370. The second-order valence-electron chi connectivity index (χ2n) is 8.90. The summed E-state index contributed by atoms with van der Waals surface area (Å²) in [6, 6.07) is 14.0. The zero-order chi connectivity index (χ0) is 24.0. The number of hydrogen-bond acceptors (Lipinski definition) is 3. The number of nitrogens with one attached hydrogen (secondary N) is 2. The number of carbonyl (C=O) groups is 1. The van der Waals surface area contributed by atoms with Crippen molar-refractivity contribution in [2.75, 3.05) is 5.32 Å². The zero-order valence-corrected chi connectivity index (χ0v) is 20.6. The molecule has 0 unspecified atom stereocenters. The van der Waals surface area contributed by atoms with Crippen LogP contribution in [0.25, 0.3) is 0 Å². The lowest BCUT2D eigenvalue weighted by Crippen LogP contribution is -2.36. The van der Waals surface area contributed by atoms with Gasteiger partial charge in [-0.1, -0.05) is 50.1 Å². The first-order valence-electron chi connectivity index (χ1n) is 11.6. The minimum Gasteiger partial charge on any atom is -0.326 e. The molecule has 3 rings (SSSR count). The van der Waals surface area contributed by atoms with Crippen molar-refractivity contribution >= 4 is 17.6 Å².